The molecule has 2 aromatic rings. The second kappa shape index (κ2) is 2.32. The summed E-state index contributed by atoms with van der Waals surface area (Å²) in [5.41, 5.74) is 1.75. The van der Waals surface area contributed by atoms with Gasteiger partial charge in [-0.3, -0.25) is 0 Å². The minimum Gasteiger partial charge on any atom is -0.392 e. The highest BCUT2D eigenvalue weighted by Crippen LogP contribution is 2.05. The van der Waals surface area contributed by atoms with E-state index in [0.717, 1.165) is 11.1 Å². The highest BCUT2D eigenvalue weighted by molar-refractivity contribution is 5.46. The lowest BCUT2D eigenvalue weighted by atomic mass is 10.3. The van der Waals surface area contributed by atoms with E-state index in [9.17, 15) is 0 Å². The number of hydrogen-bond donors (Lipinski definition) is 1. The highest BCUT2D eigenvalue weighted by atomic mass is 16.3. The Morgan fingerprint density at radius 3 is 3.18 bits per heavy atom. The maximum Gasteiger partial charge on any atom is 0.136 e. The Labute approximate surface area is 63.1 Å². The molecule has 2 heterocycles. The van der Waals surface area contributed by atoms with Crippen molar-refractivity contribution in [2.45, 2.75) is 6.61 Å². The van der Waals surface area contributed by atoms with Crippen LogP contribution < -0.4 is 0 Å². The molecule has 56 valence electrons. The van der Waals surface area contributed by atoms with Crippen molar-refractivity contribution in [2.24, 2.45) is 0 Å². The molecule has 0 amide bonds. The molecule has 4 heteroatoms. The topological polar surface area (TPSA) is 50.4 Å². The molecular formula is C7H7N3O. The van der Waals surface area contributed by atoms with Gasteiger partial charge in [0, 0.05) is 6.20 Å². The molecule has 0 aliphatic heterocycles. The third-order valence-electron chi connectivity index (χ3n) is 1.52. The zero-order valence-electron chi connectivity index (χ0n) is 5.81. The van der Waals surface area contributed by atoms with Gasteiger partial charge in [0.2, 0.25) is 0 Å². The number of aliphatic hydroxyl groups is 1. The Morgan fingerprint density at radius 1 is 1.55 bits per heavy atom. The van der Waals surface area contributed by atoms with Crippen LogP contribution in [0.4, 0.5) is 0 Å². The maximum absolute atomic E-state index is 8.78. The van der Waals surface area contributed by atoms with Crippen LogP contribution in [0.1, 0.15) is 5.56 Å². The first kappa shape index (κ1) is 6.30. The summed E-state index contributed by atoms with van der Waals surface area (Å²) in [4.78, 5) is 3.85. The van der Waals surface area contributed by atoms with Crippen molar-refractivity contribution in [1.29, 1.82) is 0 Å². The summed E-state index contributed by atoms with van der Waals surface area (Å²) in [6.45, 7) is 0.0450. The molecule has 11 heavy (non-hydrogen) atoms. The molecule has 2 rings (SSSR count). The van der Waals surface area contributed by atoms with E-state index in [0.29, 0.717) is 0 Å². The fourth-order valence-electron chi connectivity index (χ4n) is 1.00. The first-order valence-corrected chi connectivity index (χ1v) is 3.28. The van der Waals surface area contributed by atoms with Crippen LogP contribution in [0.15, 0.2) is 24.8 Å². The molecule has 0 aliphatic rings. The largest absolute Gasteiger partial charge is 0.392 e. The van der Waals surface area contributed by atoms with Crippen molar-refractivity contribution in [3.05, 3.63) is 30.4 Å². The van der Waals surface area contributed by atoms with Gasteiger partial charge in [0.1, 0.15) is 6.33 Å². The van der Waals surface area contributed by atoms with Gasteiger partial charge in [0.15, 0.2) is 0 Å². The molecule has 1 N–H and O–H groups in total. The summed E-state index contributed by atoms with van der Waals surface area (Å²) in [6.07, 6.45) is 4.94. The van der Waals surface area contributed by atoms with Crippen molar-refractivity contribution in [2.75, 3.05) is 0 Å². The average molecular weight is 149 g/mol. The molecule has 2 aromatic heterocycles. The first-order chi connectivity index (χ1) is 5.40. The Morgan fingerprint density at radius 2 is 2.45 bits per heavy atom. The van der Waals surface area contributed by atoms with Gasteiger partial charge in [0.25, 0.3) is 0 Å². The lowest BCUT2D eigenvalue weighted by Crippen LogP contribution is -1.88. The highest BCUT2D eigenvalue weighted by Gasteiger charge is 1.96. The van der Waals surface area contributed by atoms with Crippen molar-refractivity contribution >= 4 is 5.52 Å². The zero-order chi connectivity index (χ0) is 7.68. The molecule has 0 spiro atoms. The van der Waals surface area contributed by atoms with E-state index in [1.807, 2.05) is 6.07 Å². The van der Waals surface area contributed by atoms with E-state index in [4.69, 9.17) is 5.11 Å². The quantitative estimate of drug-likeness (QED) is 0.631. The van der Waals surface area contributed by atoms with Gasteiger partial charge in [0.05, 0.1) is 18.3 Å². The van der Waals surface area contributed by atoms with Crippen LogP contribution in [0.2, 0.25) is 0 Å². The monoisotopic (exact) mass is 149 g/mol. The first-order valence-electron chi connectivity index (χ1n) is 3.28. The SMILES string of the molecule is OCc1cc2cncnn2c1. The molecule has 0 saturated heterocycles. The maximum atomic E-state index is 8.78. The second-order valence-electron chi connectivity index (χ2n) is 2.29. The van der Waals surface area contributed by atoms with E-state index in [1.54, 1.807) is 16.9 Å². The smallest absolute Gasteiger partial charge is 0.136 e. The third-order valence-corrected chi connectivity index (χ3v) is 1.52. The number of nitrogens with zero attached hydrogens (tertiary/aromatic N) is 3. The van der Waals surface area contributed by atoms with Crippen LogP contribution in [0, 0.1) is 0 Å². The standard InChI is InChI=1S/C7H7N3O/c11-4-6-1-7-2-8-5-9-10(7)3-6/h1-3,5,11H,4H2. The Kier molecular flexibility index (Phi) is 1.33. The number of aliphatic hydroxyl groups excluding tert-OH is 1. The predicted molar refractivity (Wildman–Crippen MR) is 38.9 cm³/mol. The average Bonchev–Trinajstić information content (AvgIpc) is 2.46. The molecule has 0 radical (unpaired) electrons. The lowest BCUT2D eigenvalue weighted by Gasteiger charge is -1.86. The number of fused-ring (bicyclic) bond motifs is 1. The van der Waals surface area contributed by atoms with Gasteiger partial charge >= 0.3 is 0 Å². The van der Waals surface area contributed by atoms with Gasteiger partial charge in [-0.15, -0.1) is 0 Å². The summed E-state index contributed by atoms with van der Waals surface area (Å²) in [6, 6.07) is 1.85. The fourth-order valence-corrected chi connectivity index (χ4v) is 1.00. The summed E-state index contributed by atoms with van der Waals surface area (Å²) in [5, 5.41) is 12.7. The minimum atomic E-state index is 0.0450. The number of rotatable bonds is 1. The molecule has 0 aliphatic carbocycles. The van der Waals surface area contributed by atoms with E-state index >= 15 is 0 Å². The molecule has 4 nitrogen and oxygen atoms in total. The predicted octanol–water partition coefficient (Wildman–Crippen LogP) is 0.222. The van der Waals surface area contributed by atoms with Gasteiger partial charge in [-0.2, -0.15) is 5.10 Å². The van der Waals surface area contributed by atoms with Crippen LogP contribution in [-0.2, 0) is 6.61 Å². The lowest BCUT2D eigenvalue weighted by molar-refractivity contribution is 0.282. The van der Waals surface area contributed by atoms with Gasteiger partial charge in [-0.25, -0.2) is 9.50 Å². The van der Waals surface area contributed by atoms with Crippen LogP contribution in [0.25, 0.3) is 5.52 Å². The van der Waals surface area contributed by atoms with Crippen molar-refractivity contribution < 1.29 is 5.11 Å². The fraction of sp³-hybridized carbons (Fsp3) is 0.143. The Bertz CT molecular complexity index is 335. The molecular weight excluding hydrogens is 142 g/mol. The summed E-state index contributed by atoms with van der Waals surface area (Å²) in [5.74, 6) is 0. The molecule has 0 saturated carbocycles. The van der Waals surface area contributed by atoms with Crippen molar-refractivity contribution in [3.8, 4) is 0 Å². The number of aromatic nitrogens is 3. The molecule has 0 atom stereocenters. The summed E-state index contributed by atoms with van der Waals surface area (Å²) < 4.78 is 1.68. The van der Waals surface area contributed by atoms with E-state index in [1.165, 1.54) is 6.33 Å². The Balaban J connectivity index is 2.69. The molecule has 0 aromatic carbocycles. The molecule has 0 bridgehead atoms. The van der Waals surface area contributed by atoms with Crippen LogP contribution >= 0.6 is 0 Å². The van der Waals surface area contributed by atoms with Crippen LogP contribution in [0.5, 0.6) is 0 Å². The number of hydrogen-bond acceptors (Lipinski definition) is 3. The van der Waals surface area contributed by atoms with E-state index < -0.39 is 0 Å². The van der Waals surface area contributed by atoms with E-state index in [-0.39, 0.29) is 6.61 Å². The van der Waals surface area contributed by atoms with Crippen molar-refractivity contribution in [1.82, 2.24) is 14.6 Å². The van der Waals surface area contributed by atoms with Gasteiger partial charge in [-0.1, -0.05) is 0 Å². The second-order valence-corrected chi connectivity index (χ2v) is 2.29. The van der Waals surface area contributed by atoms with Crippen LogP contribution in [-0.4, -0.2) is 19.7 Å². The molecule has 0 fully saturated rings. The zero-order valence-corrected chi connectivity index (χ0v) is 5.81. The summed E-state index contributed by atoms with van der Waals surface area (Å²) >= 11 is 0. The molecule has 0 unspecified atom stereocenters. The normalized spacial score (nSPS) is 10.6. The van der Waals surface area contributed by atoms with E-state index in [2.05, 4.69) is 10.1 Å². The summed E-state index contributed by atoms with van der Waals surface area (Å²) in [7, 11) is 0. The van der Waals surface area contributed by atoms with Crippen molar-refractivity contribution in [3.63, 3.8) is 0 Å². The van der Waals surface area contributed by atoms with Crippen LogP contribution in [0.3, 0.4) is 0 Å². The minimum absolute atomic E-state index is 0.0450. The third kappa shape index (κ3) is 0.969. The van der Waals surface area contributed by atoms with Gasteiger partial charge in [-0.05, 0) is 11.6 Å². The van der Waals surface area contributed by atoms with Gasteiger partial charge < -0.3 is 5.11 Å². The Hall–Kier alpha value is -1.42.